The van der Waals surface area contributed by atoms with Gasteiger partial charge in [0.05, 0.1) is 21.0 Å². The van der Waals surface area contributed by atoms with E-state index in [1.807, 2.05) is 0 Å². The number of carbonyl (C=O) groups excluding carboxylic acids is 1. The molecule has 0 spiro atoms. The second kappa shape index (κ2) is 10.1. The van der Waals surface area contributed by atoms with Crippen LogP contribution in [-0.2, 0) is 10.0 Å². The van der Waals surface area contributed by atoms with Gasteiger partial charge in [0.2, 0.25) is 5.69 Å². The number of benzene rings is 2. The lowest BCUT2D eigenvalue weighted by Crippen LogP contribution is -2.31. The van der Waals surface area contributed by atoms with Crippen LogP contribution < -0.4 is 15.4 Å². The summed E-state index contributed by atoms with van der Waals surface area (Å²) >= 11 is 12.2. The van der Waals surface area contributed by atoms with Crippen LogP contribution in [0, 0.1) is 5.21 Å². The molecule has 0 aliphatic rings. The van der Waals surface area contributed by atoms with Gasteiger partial charge in [-0.2, -0.15) is 4.74 Å². The van der Waals surface area contributed by atoms with Crippen LogP contribution >= 0.6 is 23.2 Å². The number of carbonyl (C=O) groups is 1. The Kier molecular flexibility index (Phi) is 7.42. The molecule has 0 aliphatic carbocycles. The topological polar surface area (TPSA) is 126 Å². The summed E-state index contributed by atoms with van der Waals surface area (Å²) < 4.78 is 27.8. The number of anilines is 2. The van der Waals surface area contributed by atoms with Gasteiger partial charge in [-0.05, 0) is 48.9 Å². The van der Waals surface area contributed by atoms with Crippen LogP contribution in [0.5, 0.6) is 0 Å². The summed E-state index contributed by atoms with van der Waals surface area (Å²) in [4.78, 5) is 16.2. The Bertz CT molecular complexity index is 1280. The first kappa shape index (κ1) is 24.3. The van der Waals surface area contributed by atoms with Gasteiger partial charge in [0.15, 0.2) is 0 Å². The van der Waals surface area contributed by atoms with Gasteiger partial charge in [-0.25, -0.2) is 18.2 Å². The zero-order valence-corrected chi connectivity index (χ0v) is 19.6. The monoisotopic (exact) mass is 507 g/mol. The first-order chi connectivity index (χ1) is 15.6. The third-order valence-electron chi connectivity index (χ3n) is 4.49. The number of aromatic nitrogens is 1. The SMILES string of the molecule is C=[N+]([O-])c1ccc(NS(=O)(=O)c2ccc(NC(=O)N[C@@H](C)c3cccc(Cl)c3Cl)cc2)nc1. The third-order valence-corrected chi connectivity index (χ3v) is 6.70. The summed E-state index contributed by atoms with van der Waals surface area (Å²) in [5.41, 5.74) is 1.22. The molecular formula is C21H19Cl2N5O4S. The van der Waals surface area contributed by atoms with E-state index in [4.69, 9.17) is 23.2 Å². The lowest BCUT2D eigenvalue weighted by molar-refractivity contribution is -0.350. The maximum atomic E-state index is 12.6. The number of hydrogen-bond donors (Lipinski definition) is 3. The molecule has 2 aromatic carbocycles. The molecule has 0 fully saturated rings. The van der Waals surface area contributed by atoms with Gasteiger partial charge in [0.1, 0.15) is 18.7 Å². The summed E-state index contributed by atoms with van der Waals surface area (Å²) in [7, 11) is -3.93. The fourth-order valence-electron chi connectivity index (χ4n) is 2.80. The van der Waals surface area contributed by atoms with Gasteiger partial charge in [-0.15, -0.1) is 0 Å². The van der Waals surface area contributed by atoms with Crippen molar-refractivity contribution in [1.29, 1.82) is 0 Å². The third kappa shape index (κ3) is 6.13. The van der Waals surface area contributed by atoms with Crippen molar-refractivity contribution in [3.8, 4) is 0 Å². The number of hydrogen-bond acceptors (Lipinski definition) is 5. The number of amides is 2. The maximum absolute atomic E-state index is 12.6. The minimum absolute atomic E-state index is 0.0378. The van der Waals surface area contributed by atoms with Crippen LogP contribution in [0.2, 0.25) is 10.0 Å². The fourth-order valence-corrected chi connectivity index (χ4v) is 4.28. The fraction of sp³-hybridized carbons (Fsp3) is 0.0952. The highest BCUT2D eigenvalue weighted by atomic mass is 35.5. The molecule has 1 atom stereocenters. The molecule has 2 amide bonds. The number of urea groups is 1. The van der Waals surface area contributed by atoms with Crippen LogP contribution in [0.25, 0.3) is 0 Å². The maximum Gasteiger partial charge on any atom is 0.319 e. The molecule has 33 heavy (non-hydrogen) atoms. The van der Waals surface area contributed by atoms with E-state index in [0.29, 0.717) is 26.0 Å². The van der Waals surface area contributed by atoms with Crippen molar-refractivity contribution in [3.05, 3.63) is 81.6 Å². The molecule has 3 rings (SSSR count). The highest BCUT2D eigenvalue weighted by Crippen LogP contribution is 2.29. The van der Waals surface area contributed by atoms with Gasteiger partial charge >= 0.3 is 6.03 Å². The molecular weight excluding hydrogens is 489 g/mol. The molecule has 0 saturated heterocycles. The predicted octanol–water partition coefficient (Wildman–Crippen LogP) is 4.91. The van der Waals surface area contributed by atoms with Gasteiger partial charge in [-0.1, -0.05) is 35.3 Å². The standard InChI is InChI=1S/C21H19Cl2N5O4S/c1-13(17-4-3-5-18(22)20(17)23)25-21(29)26-14-6-9-16(10-7-14)33(31,32)27-19-11-8-15(12-24-19)28(2)30/h3-13H,2H2,1H3,(H,24,27)(H2,25,26,29)/t13-/m0/s1. The number of sulfonamides is 1. The Morgan fingerprint density at radius 2 is 1.82 bits per heavy atom. The average Bonchev–Trinajstić information content (AvgIpc) is 2.76. The Labute approximate surface area is 200 Å². The van der Waals surface area contributed by atoms with E-state index in [-0.39, 0.29) is 16.4 Å². The number of rotatable bonds is 7. The van der Waals surface area contributed by atoms with Crippen LogP contribution in [-0.4, -0.2) is 30.9 Å². The van der Waals surface area contributed by atoms with Gasteiger partial charge < -0.3 is 15.8 Å². The largest absolute Gasteiger partial charge is 0.619 e. The molecule has 3 aromatic rings. The summed E-state index contributed by atoms with van der Waals surface area (Å²) in [5, 5.41) is 17.2. The second-order valence-corrected chi connectivity index (χ2v) is 9.34. The molecule has 0 unspecified atom stereocenters. The molecule has 0 saturated carbocycles. The van der Waals surface area contributed by atoms with Gasteiger partial charge in [0.25, 0.3) is 10.0 Å². The van der Waals surface area contributed by atoms with Gasteiger partial charge in [-0.3, -0.25) is 4.72 Å². The zero-order chi connectivity index (χ0) is 24.2. The molecule has 3 N–H and O–H groups in total. The van der Waals surface area contributed by atoms with E-state index in [1.165, 1.54) is 42.6 Å². The van der Waals surface area contributed by atoms with Crippen molar-refractivity contribution in [2.45, 2.75) is 17.9 Å². The first-order valence-corrected chi connectivity index (χ1v) is 11.7. The van der Waals surface area contributed by atoms with E-state index in [0.717, 1.165) is 0 Å². The highest BCUT2D eigenvalue weighted by Gasteiger charge is 2.17. The summed E-state index contributed by atoms with van der Waals surface area (Å²) in [6, 6.07) is 12.5. The minimum atomic E-state index is -3.93. The Morgan fingerprint density at radius 3 is 2.42 bits per heavy atom. The van der Waals surface area contributed by atoms with Crippen LogP contribution in [0.3, 0.4) is 0 Å². The normalized spacial score (nSPS) is 12.0. The van der Waals surface area contributed by atoms with E-state index < -0.39 is 22.1 Å². The number of nitrogens with one attached hydrogen (secondary N) is 3. The van der Waals surface area contributed by atoms with Crippen LogP contribution in [0.1, 0.15) is 18.5 Å². The summed E-state index contributed by atoms with van der Waals surface area (Å²) in [5.74, 6) is 0.0378. The summed E-state index contributed by atoms with van der Waals surface area (Å²) in [6.45, 7) is 4.94. The Hall–Kier alpha value is -3.34. The van der Waals surface area contributed by atoms with Gasteiger partial charge in [0, 0.05) is 11.8 Å². The quantitative estimate of drug-likeness (QED) is 0.181. The predicted molar refractivity (Wildman–Crippen MR) is 129 cm³/mol. The molecule has 1 aromatic heterocycles. The van der Waals surface area contributed by atoms with Crippen molar-refractivity contribution >= 4 is 63.2 Å². The van der Waals surface area contributed by atoms with E-state index in [1.54, 1.807) is 25.1 Å². The highest BCUT2D eigenvalue weighted by molar-refractivity contribution is 7.92. The van der Waals surface area contributed by atoms with Crippen LogP contribution in [0.4, 0.5) is 22.0 Å². The molecule has 0 aliphatic heterocycles. The smallest absolute Gasteiger partial charge is 0.319 e. The van der Waals surface area contributed by atoms with Crippen molar-refractivity contribution in [2.24, 2.45) is 0 Å². The Morgan fingerprint density at radius 1 is 1.12 bits per heavy atom. The lowest BCUT2D eigenvalue weighted by Gasteiger charge is -2.17. The van der Waals surface area contributed by atoms with Crippen LogP contribution in [0.15, 0.2) is 65.7 Å². The first-order valence-electron chi connectivity index (χ1n) is 9.45. The molecule has 172 valence electrons. The van der Waals surface area contributed by atoms with E-state index in [2.05, 4.69) is 27.1 Å². The minimum Gasteiger partial charge on any atom is -0.619 e. The van der Waals surface area contributed by atoms with E-state index >= 15 is 0 Å². The molecule has 12 heteroatoms. The zero-order valence-electron chi connectivity index (χ0n) is 17.2. The Balaban J connectivity index is 1.63. The van der Waals surface area contributed by atoms with Crippen molar-refractivity contribution in [1.82, 2.24) is 10.3 Å². The molecule has 1 heterocycles. The lowest BCUT2D eigenvalue weighted by atomic mass is 10.1. The summed E-state index contributed by atoms with van der Waals surface area (Å²) in [6.07, 6.45) is 1.20. The molecule has 0 bridgehead atoms. The number of halogens is 2. The molecule has 9 nitrogen and oxygen atoms in total. The van der Waals surface area contributed by atoms with Crippen molar-refractivity contribution < 1.29 is 18.0 Å². The number of pyridine rings is 1. The van der Waals surface area contributed by atoms with Crippen molar-refractivity contribution in [3.63, 3.8) is 0 Å². The average molecular weight is 508 g/mol. The second-order valence-electron chi connectivity index (χ2n) is 6.87. The number of nitrogens with zero attached hydrogens (tertiary/aromatic N) is 2. The molecule has 0 radical (unpaired) electrons. The van der Waals surface area contributed by atoms with Crippen molar-refractivity contribution in [2.75, 3.05) is 10.0 Å². The van der Waals surface area contributed by atoms with E-state index in [9.17, 15) is 18.4 Å².